The van der Waals surface area contributed by atoms with Crippen LogP contribution in [0.1, 0.15) is 10.7 Å². The van der Waals surface area contributed by atoms with E-state index >= 15 is 0 Å². The molecule has 16 heavy (non-hydrogen) atoms. The number of hydrogen-bond acceptors (Lipinski definition) is 4. The SMILES string of the molecule is Cc1nc(CN(C)CC(O)C(F)(F)F)cs1. The third-order valence-electron chi connectivity index (χ3n) is 1.96. The van der Waals surface area contributed by atoms with Gasteiger partial charge in [0.15, 0.2) is 6.10 Å². The van der Waals surface area contributed by atoms with Gasteiger partial charge in [-0.1, -0.05) is 0 Å². The molecule has 0 aliphatic heterocycles. The van der Waals surface area contributed by atoms with Gasteiger partial charge in [-0.05, 0) is 14.0 Å². The highest BCUT2D eigenvalue weighted by molar-refractivity contribution is 7.09. The number of aliphatic hydroxyl groups excluding tert-OH is 1. The third kappa shape index (κ3) is 4.07. The highest BCUT2D eigenvalue weighted by Crippen LogP contribution is 2.21. The van der Waals surface area contributed by atoms with E-state index in [-0.39, 0.29) is 0 Å². The molecule has 0 aromatic carbocycles. The van der Waals surface area contributed by atoms with Gasteiger partial charge in [-0.2, -0.15) is 13.2 Å². The predicted octanol–water partition coefficient (Wildman–Crippen LogP) is 1.81. The average molecular weight is 254 g/mol. The van der Waals surface area contributed by atoms with Gasteiger partial charge in [0, 0.05) is 18.5 Å². The lowest BCUT2D eigenvalue weighted by molar-refractivity contribution is -0.207. The smallest absolute Gasteiger partial charge is 0.382 e. The van der Waals surface area contributed by atoms with Gasteiger partial charge >= 0.3 is 6.18 Å². The molecule has 0 fully saturated rings. The number of nitrogens with zero attached hydrogens (tertiary/aromatic N) is 2. The first-order valence-corrected chi connectivity index (χ1v) is 5.51. The molecule has 0 aliphatic rings. The lowest BCUT2D eigenvalue weighted by atomic mass is 10.3. The van der Waals surface area contributed by atoms with Crippen molar-refractivity contribution >= 4 is 11.3 Å². The van der Waals surface area contributed by atoms with E-state index in [1.165, 1.54) is 23.3 Å². The second-order valence-electron chi connectivity index (χ2n) is 3.61. The molecule has 0 spiro atoms. The van der Waals surface area contributed by atoms with E-state index in [0.717, 1.165) is 10.7 Å². The van der Waals surface area contributed by atoms with Gasteiger partial charge < -0.3 is 5.11 Å². The van der Waals surface area contributed by atoms with Crippen LogP contribution in [0.4, 0.5) is 13.2 Å². The maximum Gasteiger partial charge on any atom is 0.415 e. The minimum atomic E-state index is -4.56. The van der Waals surface area contributed by atoms with Gasteiger partial charge in [0.05, 0.1) is 10.7 Å². The Hall–Kier alpha value is -0.660. The van der Waals surface area contributed by atoms with Gasteiger partial charge in [-0.15, -0.1) is 11.3 Å². The van der Waals surface area contributed by atoms with Crippen molar-refractivity contribution in [2.45, 2.75) is 25.7 Å². The molecule has 1 atom stereocenters. The number of aryl methyl sites for hydroxylation is 1. The maximum atomic E-state index is 12.1. The monoisotopic (exact) mass is 254 g/mol. The molecule has 92 valence electrons. The Morgan fingerprint density at radius 3 is 2.62 bits per heavy atom. The number of rotatable bonds is 4. The summed E-state index contributed by atoms with van der Waals surface area (Å²) in [5, 5.41) is 11.5. The first-order chi connectivity index (χ1) is 7.29. The van der Waals surface area contributed by atoms with Crippen LogP contribution >= 0.6 is 11.3 Å². The van der Waals surface area contributed by atoms with Crippen molar-refractivity contribution in [1.29, 1.82) is 0 Å². The van der Waals surface area contributed by atoms with Gasteiger partial charge in [0.2, 0.25) is 0 Å². The standard InChI is InChI=1S/C9H13F3N2OS/c1-6-13-7(5-16-6)3-14(2)4-8(15)9(10,11)12/h5,8,15H,3-4H2,1-2H3. The lowest BCUT2D eigenvalue weighted by Gasteiger charge is -2.21. The number of hydrogen-bond donors (Lipinski definition) is 1. The second kappa shape index (κ2) is 5.11. The Morgan fingerprint density at radius 2 is 2.19 bits per heavy atom. The van der Waals surface area contributed by atoms with E-state index in [9.17, 15) is 13.2 Å². The summed E-state index contributed by atoms with van der Waals surface area (Å²) >= 11 is 1.45. The fraction of sp³-hybridized carbons (Fsp3) is 0.667. The zero-order chi connectivity index (χ0) is 12.3. The fourth-order valence-electron chi connectivity index (χ4n) is 1.22. The summed E-state index contributed by atoms with van der Waals surface area (Å²) in [6.07, 6.45) is -6.87. The molecule has 0 saturated carbocycles. The van der Waals surface area contributed by atoms with Crippen molar-refractivity contribution < 1.29 is 18.3 Å². The van der Waals surface area contributed by atoms with Gasteiger partial charge in [-0.3, -0.25) is 4.90 Å². The van der Waals surface area contributed by atoms with Gasteiger partial charge in [-0.25, -0.2) is 4.98 Å². The van der Waals surface area contributed by atoms with Crippen LogP contribution in [0, 0.1) is 6.92 Å². The summed E-state index contributed by atoms with van der Waals surface area (Å²) in [6.45, 7) is 1.69. The van der Waals surface area contributed by atoms with Crippen molar-refractivity contribution in [1.82, 2.24) is 9.88 Å². The highest BCUT2D eigenvalue weighted by Gasteiger charge is 2.38. The van der Waals surface area contributed by atoms with Crippen molar-refractivity contribution in [3.8, 4) is 0 Å². The van der Waals surface area contributed by atoms with Gasteiger partial charge in [0.25, 0.3) is 0 Å². The van der Waals surface area contributed by atoms with Gasteiger partial charge in [0.1, 0.15) is 0 Å². The summed E-state index contributed by atoms with van der Waals surface area (Å²) in [7, 11) is 1.52. The first kappa shape index (κ1) is 13.4. The zero-order valence-corrected chi connectivity index (χ0v) is 9.77. The number of likely N-dealkylation sites (N-methyl/N-ethyl adjacent to an activating group) is 1. The van der Waals surface area contributed by atoms with Crippen LogP contribution in [0.15, 0.2) is 5.38 Å². The van der Waals surface area contributed by atoms with E-state index in [1.54, 1.807) is 5.38 Å². The molecule has 0 bridgehead atoms. The number of alkyl halides is 3. The van der Waals surface area contributed by atoms with E-state index in [1.807, 2.05) is 6.92 Å². The molecule has 1 rings (SSSR count). The molecule has 0 amide bonds. The average Bonchev–Trinajstić information content (AvgIpc) is 2.49. The van der Waals surface area contributed by atoms with E-state index in [0.29, 0.717) is 6.54 Å². The molecule has 1 aromatic heterocycles. The summed E-state index contributed by atoms with van der Waals surface area (Å²) in [5.41, 5.74) is 0.722. The molecular weight excluding hydrogens is 241 g/mol. The number of halogens is 3. The van der Waals surface area contributed by atoms with Crippen LogP contribution in [-0.4, -0.2) is 40.9 Å². The quantitative estimate of drug-likeness (QED) is 0.890. The molecule has 3 nitrogen and oxygen atoms in total. The molecule has 7 heteroatoms. The second-order valence-corrected chi connectivity index (χ2v) is 4.67. The van der Waals surface area contributed by atoms with E-state index < -0.39 is 18.8 Å². The minimum absolute atomic E-state index is 0.303. The Balaban J connectivity index is 2.45. The Kier molecular flexibility index (Phi) is 4.28. The minimum Gasteiger partial charge on any atom is -0.382 e. The number of aromatic nitrogens is 1. The summed E-state index contributed by atoms with van der Waals surface area (Å²) < 4.78 is 36.2. The lowest BCUT2D eigenvalue weighted by Crippen LogP contribution is -2.39. The normalized spacial score (nSPS) is 14.4. The number of aliphatic hydroxyl groups is 1. The molecule has 0 aliphatic carbocycles. The molecule has 1 unspecified atom stereocenters. The maximum absolute atomic E-state index is 12.1. The largest absolute Gasteiger partial charge is 0.415 e. The van der Waals surface area contributed by atoms with Crippen LogP contribution in [0.2, 0.25) is 0 Å². The van der Waals surface area contributed by atoms with Crippen molar-refractivity contribution in [2.75, 3.05) is 13.6 Å². The van der Waals surface area contributed by atoms with Crippen molar-refractivity contribution in [2.24, 2.45) is 0 Å². The first-order valence-electron chi connectivity index (χ1n) is 4.63. The number of thiazole rings is 1. The zero-order valence-electron chi connectivity index (χ0n) is 8.95. The van der Waals surface area contributed by atoms with E-state index in [2.05, 4.69) is 4.98 Å². The molecule has 0 saturated heterocycles. The summed E-state index contributed by atoms with van der Waals surface area (Å²) in [6, 6.07) is 0. The Bertz CT molecular complexity index is 340. The topological polar surface area (TPSA) is 36.4 Å². The molecular formula is C9H13F3N2OS. The van der Waals surface area contributed by atoms with Crippen LogP contribution < -0.4 is 0 Å². The highest BCUT2D eigenvalue weighted by atomic mass is 32.1. The van der Waals surface area contributed by atoms with Crippen LogP contribution in [0.25, 0.3) is 0 Å². The Morgan fingerprint density at radius 1 is 1.56 bits per heavy atom. The van der Waals surface area contributed by atoms with Crippen molar-refractivity contribution in [3.05, 3.63) is 16.1 Å². The molecule has 0 radical (unpaired) electrons. The summed E-state index contributed by atoms with van der Waals surface area (Å²) in [5.74, 6) is 0. The summed E-state index contributed by atoms with van der Waals surface area (Å²) in [4.78, 5) is 5.53. The van der Waals surface area contributed by atoms with Crippen LogP contribution in [0.3, 0.4) is 0 Å². The van der Waals surface area contributed by atoms with Crippen LogP contribution in [0.5, 0.6) is 0 Å². The Labute approximate surface area is 95.5 Å². The van der Waals surface area contributed by atoms with E-state index in [4.69, 9.17) is 5.11 Å². The molecule has 1 aromatic rings. The molecule has 1 heterocycles. The van der Waals surface area contributed by atoms with Crippen molar-refractivity contribution in [3.63, 3.8) is 0 Å². The third-order valence-corrected chi connectivity index (χ3v) is 2.78. The predicted molar refractivity (Wildman–Crippen MR) is 55.2 cm³/mol. The van der Waals surface area contributed by atoms with Crippen LogP contribution in [-0.2, 0) is 6.54 Å². The fourth-order valence-corrected chi connectivity index (χ4v) is 1.82. The molecule has 1 N–H and O–H groups in total.